The van der Waals surface area contributed by atoms with E-state index in [9.17, 15) is 4.39 Å². The zero-order chi connectivity index (χ0) is 16.5. The summed E-state index contributed by atoms with van der Waals surface area (Å²) >= 11 is 0. The average molecular weight is 326 g/mol. The molecule has 3 aromatic heterocycles. The summed E-state index contributed by atoms with van der Waals surface area (Å²) in [6.45, 7) is -0.233. The average Bonchev–Trinajstić information content (AvgIpc) is 3.24. The Morgan fingerprint density at radius 1 is 1.33 bits per heavy atom. The number of alkyl halides is 1. The minimum absolute atomic E-state index is 0.226. The maximum atomic E-state index is 12.4. The molecular weight excluding hydrogens is 311 g/mol. The van der Waals surface area contributed by atoms with Crippen LogP contribution < -0.4 is 10.1 Å². The maximum absolute atomic E-state index is 12.4. The fraction of sp³-hybridized carbons (Fsp3) is 0.188. The first-order valence-corrected chi connectivity index (χ1v) is 7.45. The SMILES string of the molecule is COc1cccc2nc(Nc3cnn(CCF)c3)c3[nH]ncc3c12. The van der Waals surface area contributed by atoms with Crippen LogP contribution in [0.3, 0.4) is 0 Å². The molecule has 122 valence electrons. The lowest BCUT2D eigenvalue weighted by Gasteiger charge is -2.09. The van der Waals surface area contributed by atoms with Gasteiger partial charge in [-0.3, -0.25) is 9.78 Å². The number of H-pyrrole nitrogens is 1. The van der Waals surface area contributed by atoms with E-state index in [0.29, 0.717) is 5.82 Å². The molecule has 0 aliphatic carbocycles. The van der Waals surface area contributed by atoms with Crippen LogP contribution in [0.2, 0.25) is 0 Å². The second-order valence-corrected chi connectivity index (χ2v) is 5.28. The van der Waals surface area contributed by atoms with Gasteiger partial charge in [-0.15, -0.1) is 0 Å². The van der Waals surface area contributed by atoms with Gasteiger partial charge in [0.25, 0.3) is 0 Å². The highest BCUT2D eigenvalue weighted by Gasteiger charge is 2.14. The van der Waals surface area contributed by atoms with E-state index >= 15 is 0 Å². The zero-order valence-electron chi connectivity index (χ0n) is 13.0. The number of nitrogens with zero attached hydrogens (tertiary/aromatic N) is 4. The minimum Gasteiger partial charge on any atom is -0.496 e. The molecule has 0 spiro atoms. The van der Waals surface area contributed by atoms with Crippen LogP contribution >= 0.6 is 0 Å². The van der Waals surface area contributed by atoms with Crippen molar-refractivity contribution in [3.05, 3.63) is 36.8 Å². The van der Waals surface area contributed by atoms with Gasteiger partial charge in [-0.2, -0.15) is 10.2 Å². The van der Waals surface area contributed by atoms with Crippen LogP contribution in [0.15, 0.2) is 36.8 Å². The smallest absolute Gasteiger partial charge is 0.157 e. The monoisotopic (exact) mass is 326 g/mol. The molecule has 0 aliphatic rings. The molecule has 4 rings (SSSR count). The molecule has 0 aliphatic heterocycles. The van der Waals surface area contributed by atoms with E-state index in [1.807, 2.05) is 18.2 Å². The third kappa shape index (κ3) is 2.32. The van der Waals surface area contributed by atoms with Crippen molar-refractivity contribution in [1.82, 2.24) is 25.0 Å². The molecule has 8 heteroatoms. The van der Waals surface area contributed by atoms with E-state index < -0.39 is 6.67 Å². The fourth-order valence-electron chi connectivity index (χ4n) is 2.75. The van der Waals surface area contributed by atoms with Gasteiger partial charge in [0.2, 0.25) is 0 Å². The van der Waals surface area contributed by atoms with Crippen LogP contribution in [0.4, 0.5) is 15.9 Å². The molecule has 0 radical (unpaired) electrons. The van der Waals surface area contributed by atoms with Crippen molar-refractivity contribution < 1.29 is 9.13 Å². The topological polar surface area (TPSA) is 80.6 Å². The largest absolute Gasteiger partial charge is 0.496 e. The Bertz CT molecular complexity index is 1010. The Kier molecular flexibility index (Phi) is 3.49. The molecule has 0 unspecified atom stereocenters. The van der Waals surface area contributed by atoms with E-state index in [1.54, 1.807) is 25.7 Å². The van der Waals surface area contributed by atoms with Gasteiger partial charge in [0, 0.05) is 11.6 Å². The van der Waals surface area contributed by atoms with Gasteiger partial charge in [-0.1, -0.05) is 6.07 Å². The van der Waals surface area contributed by atoms with Gasteiger partial charge < -0.3 is 10.1 Å². The highest BCUT2D eigenvalue weighted by molar-refractivity contribution is 6.11. The first-order valence-electron chi connectivity index (χ1n) is 7.45. The van der Waals surface area contributed by atoms with E-state index in [0.717, 1.165) is 33.2 Å². The van der Waals surface area contributed by atoms with Gasteiger partial charge in [-0.25, -0.2) is 9.37 Å². The van der Waals surface area contributed by atoms with E-state index in [-0.39, 0.29) is 6.54 Å². The van der Waals surface area contributed by atoms with Crippen LogP contribution in [0.1, 0.15) is 0 Å². The van der Waals surface area contributed by atoms with Crippen molar-refractivity contribution >= 4 is 33.3 Å². The molecule has 24 heavy (non-hydrogen) atoms. The summed E-state index contributed by atoms with van der Waals surface area (Å²) in [6.07, 6.45) is 5.12. The molecule has 0 fully saturated rings. The number of ether oxygens (including phenoxy) is 1. The van der Waals surface area contributed by atoms with Crippen molar-refractivity contribution in [2.45, 2.75) is 6.54 Å². The molecule has 0 saturated heterocycles. The molecular formula is C16H15FN6O. The number of pyridine rings is 1. The Morgan fingerprint density at radius 3 is 3.08 bits per heavy atom. The predicted octanol–water partition coefficient (Wildman–Crippen LogP) is 3.03. The number of nitrogens with one attached hydrogen (secondary N) is 2. The number of fused-ring (bicyclic) bond motifs is 3. The standard InChI is InChI=1S/C16H15FN6O/c1-24-13-4-2-3-12-14(13)11-8-18-22-15(11)16(21-12)20-10-7-19-23(9-10)6-5-17/h2-4,7-9H,5-6H2,1H3,(H,18,22)(H,20,21). The number of aryl methyl sites for hydroxylation is 1. The number of aromatic nitrogens is 5. The minimum atomic E-state index is -0.458. The lowest BCUT2D eigenvalue weighted by Crippen LogP contribution is -1.99. The second kappa shape index (κ2) is 5.80. The Morgan fingerprint density at radius 2 is 2.25 bits per heavy atom. The highest BCUT2D eigenvalue weighted by atomic mass is 19.1. The predicted molar refractivity (Wildman–Crippen MR) is 89.4 cm³/mol. The third-order valence-electron chi connectivity index (χ3n) is 3.81. The van der Waals surface area contributed by atoms with Crippen LogP contribution in [0, 0.1) is 0 Å². The molecule has 0 amide bonds. The Hall–Kier alpha value is -3.16. The number of rotatable bonds is 5. The number of methoxy groups -OCH3 is 1. The Labute approximate surface area is 136 Å². The number of benzene rings is 1. The quantitative estimate of drug-likeness (QED) is 0.589. The number of halogens is 1. The van der Waals surface area contributed by atoms with E-state index in [4.69, 9.17) is 4.74 Å². The Balaban J connectivity index is 1.83. The number of anilines is 2. The lowest BCUT2D eigenvalue weighted by molar-refractivity contribution is 0.420. The highest BCUT2D eigenvalue weighted by Crippen LogP contribution is 2.34. The first-order chi connectivity index (χ1) is 11.8. The van der Waals surface area contributed by atoms with Crippen molar-refractivity contribution in [3.8, 4) is 5.75 Å². The lowest BCUT2D eigenvalue weighted by atomic mass is 10.1. The van der Waals surface area contributed by atoms with Crippen molar-refractivity contribution in [1.29, 1.82) is 0 Å². The molecule has 2 N–H and O–H groups in total. The van der Waals surface area contributed by atoms with Crippen molar-refractivity contribution in [2.24, 2.45) is 0 Å². The van der Waals surface area contributed by atoms with Gasteiger partial charge in [0.05, 0.1) is 42.6 Å². The van der Waals surface area contributed by atoms with Crippen LogP contribution in [-0.2, 0) is 6.54 Å². The number of hydrogen-bond donors (Lipinski definition) is 2. The number of hydrogen-bond acceptors (Lipinski definition) is 5. The summed E-state index contributed by atoms with van der Waals surface area (Å²) < 4.78 is 19.4. The van der Waals surface area contributed by atoms with Gasteiger partial charge in [-0.05, 0) is 12.1 Å². The zero-order valence-corrected chi connectivity index (χ0v) is 13.0. The normalized spacial score (nSPS) is 11.2. The molecule has 1 aromatic carbocycles. The van der Waals surface area contributed by atoms with Gasteiger partial charge in [0.15, 0.2) is 5.82 Å². The molecule has 3 heterocycles. The molecule has 0 saturated carbocycles. The third-order valence-corrected chi connectivity index (χ3v) is 3.81. The van der Waals surface area contributed by atoms with E-state index in [1.165, 1.54) is 4.68 Å². The van der Waals surface area contributed by atoms with Gasteiger partial charge in [0.1, 0.15) is 17.9 Å². The molecule has 0 atom stereocenters. The molecule has 7 nitrogen and oxygen atoms in total. The van der Waals surface area contributed by atoms with Gasteiger partial charge >= 0.3 is 0 Å². The van der Waals surface area contributed by atoms with Crippen molar-refractivity contribution in [3.63, 3.8) is 0 Å². The second-order valence-electron chi connectivity index (χ2n) is 5.28. The van der Waals surface area contributed by atoms with Crippen LogP contribution in [-0.4, -0.2) is 38.7 Å². The molecule has 4 aromatic rings. The van der Waals surface area contributed by atoms with Crippen molar-refractivity contribution in [2.75, 3.05) is 19.1 Å². The summed E-state index contributed by atoms with van der Waals surface area (Å²) in [5, 5.41) is 16.2. The molecule has 0 bridgehead atoms. The summed E-state index contributed by atoms with van der Waals surface area (Å²) in [5.41, 5.74) is 2.29. The maximum Gasteiger partial charge on any atom is 0.157 e. The van der Waals surface area contributed by atoms with E-state index in [2.05, 4.69) is 25.6 Å². The summed E-state index contributed by atoms with van der Waals surface area (Å²) in [5.74, 6) is 1.37. The number of aromatic amines is 1. The summed E-state index contributed by atoms with van der Waals surface area (Å²) in [6, 6.07) is 5.70. The summed E-state index contributed by atoms with van der Waals surface area (Å²) in [4.78, 5) is 4.66. The van der Waals surface area contributed by atoms with Crippen LogP contribution in [0.25, 0.3) is 21.8 Å². The first kappa shape index (κ1) is 14.4. The van der Waals surface area contributed by atoms with Crippen LogP contribution in [0.5, 0.6) is 5.75 Å². The summed E-state index contributed by atoms with van der Waals surface area (Å²) in [7, 11) is 1.63. The fourth-order valence-corrected chi connectivity index (χ4v) is 2.75.